The van der Waals surface area contributed by atoms with Crippen molar-refractivity contribution in [2.45, 2.75) is 46.6 Å². The smallest absolute Gasteiger partial charge is 0.0652 e. The first-order valence-corrected chi connectivity index (χ1v) is 7.61. The lowest BCUT2D eigenvalue weighted by Gasteiger charge is -2.14. The second-order valence-electron chi connectivity index (χ2n) is 5.12. The molecule has 20 heavy (non-hydrogen) atoms. The van der Waals surface area contributed by atoms with Gasteiger partial charge >= 0.3 is 0 Å². The molecule has 1 heterocycles. The molecule has 2 aromatic rings. The van der Waals surface area contributed by atoms with Crippen molar-refractivity contribution < 1.29 is 0 Å². The van der Waals surface area contributed by atoms with Crippen molar-refractivity contribution in [1.29, 1.82) is 0 Å². The van der Waals surface area contributed by atoms with Gasteiger partial charge < -0.3 is 5.32 Å². The molecule has 0 aliphatic rings. The Morgan fingerprint density at radius 1 is 1.15 bits per heavy atom. The fourth-order valence-corrected chi connectivity index (χ4v) is 2.47. The van der Waals surface area contributed by atoms with Crippen LogP contribution in [0.15, 0.2) is 30.3 Å². The van der Waals surface area contributed by atoms with Crippen molar-refractivity contribution in [3.05, 3.63) is 47.3 Å². The van der Waals surface area contributed by atoms with Crippen molar-refractivity contribution in [2.75, 3.05) is 6.54 Å². The van der Waals surface area contributed by atoms with Gasteiger partial charge in [0.15, 0.2) is 0 Å². The molecule has 0 spiro atoms. The molecule has 1 atom stereocenters. The van der Waals surface area contributed by atoms with Crippen LogP contribution < -0.4 is 5.32 Å². The molecule has 108 valence electrons. The van der Waals surface area contributed by atoms with Gasteiger partial charge in [0.25, 0.3) is 0 Å². The first-order chi connectivity index (χ1) is 9.69. The van der Waals surface area contributed by atoms with Crippen molar-refractivity contribution in [3.63, 3.8) is 0 Å². The zero-order chi connectivity index (χ0) is 14.5. The maximum Gasteiger partial charge on any atom is 0.0652 e. The summed E-state index contributed by atoms with van der Waals surface area (Å²) >= 11 is 0. The van der Waals surface area contributed by atoms with Crippen LogP contribution in [0.2, 0.25) is 0 Å². The van der Waals surface area contributed by atoms with Gasteiger partial charge in [-0.05, 0) is 50.1 Å². The second-order valence-corrected chi connectivity index (χ2v) is 5.12. The number of nitrogens with zero attached hydrogens (tertiary/aromatic N) is 2. The van der Waals surface area contributed by atoms with E-state index < -0.39 is 0 Å². The summed E-state index contributed by atoms with van der Waals surface area (Å²) in [4.78, 5) is 0. The van der Waals surface area contributed by atoms with Gasteiger partial charge in [0, 0.05) is 11.7 Å². The Morgan fingerprint density at radius 2 is 1.95 bits per heavy atom. The number of aryl methyl sites for hydroxylation is 2. The summed E-state index contributed by atoms with van der Waals surface area (Å²) in [5.41, 5.74) is 4.89. The van der Waals surface area contributed by atoms with E-state index in [2.05, 4.69) is 68.0 Å². The van der Waals surface area contributed by atoms with Gasteiger partial charge in [-0.3, -0.25) is 0 Å². The minimum absolute atomic E-state index is 0.367. The highest BCUT2D eigenvalue weighted by Crippen LogP contribution is 2.19. The summed E-state index contributed by atoms with van der Waals surface area (Å²) in [5, 5.41) is 8.17. The molecule has 2 rings (SSSR count). The van der Waals surface area contributed by atoms with E-state index in [4.69, 9.17) is 5.10 Å². The fraction of sp³-hybridized carbons (Fsp3) is 0.471. The van der Waals surface area contributed by atoms with E-state index >= 15 is 0 Å². The highest BCUT2D eigenvalue weighted by Gasteiger charge is 2.09. The van der Waals surface area contributed by atoms with Crippen molar-refractivity contribution in [3.8, 4) is 5.69 Å². The Balaban J connectivity index is 2.37. The third kappa shape index (κ3) is 3.10. The standard InChI is InChI=1S/C17H25N3/c1-5-15-12-16(6-2)20(19-15)17-10-8-9-14(11-17)13(4)18-7-3/h8-13,18H,5-7H2,1-4H3. The topological polar surface area (TPSA) is 29.9 Å². The first-order valence-electron chi connectivity index (χ1n) is 7.61. The maximum absolute atomic E-state index is 4.71. The molecule has 0 fully saturated rings. The molecule has 1 N–H and O–H groups in total. The van der Waals surface area contributed by atoms with E-state index in [1.54, 1.807) is 0 Å². The minimum Gasteiger partial charge on any atom is -0.310 e. The second kappa shape index (κ2) is 6.71. The van der Waals surface area contributed by atoms with Crippen LogP contribution in [0.3, 0.4) is 0 Å². The van der Waals surface area contributed by atoms with Crippen molar-refractivity contribution in [1.82, 2.24) is 15.1 Å². The van der Waals surface area contributed by atoms with E-state index in [-0.39, 0.29) is 0 Å². The number of aromatic nitrogens is 2. The van der Waals surface area contributed by atoms with E-state index in [1.165, 1.54) is 11.3 Å². The molecule has 3 nitrogen and oxygen atoms in total. The number of hydrogen-bond acceptors (Lipinski definition) is 2. The summed E-state index contributed by atoms with van der Waals surface area (Å²) in [6.07, 6.45) is 1.98. The molecule has 0 amide bonds. The number of hydrogen-bond donors (Lipinski definition) is 1. The monoisotopic (exact) mass is 271 g/mol. The summed E-state index contributed by atoms with van der Waals surface area (Å²) in [5.74, 6) is 0. The van der Waals surface area contributed by atoms with Crippen LogP contribution in [0, 0.1) is 0 Å². The van der Waals surface area contributed by atoms with Crippen LogP contribution in [0.4, 0.5) is 0 Å². The van der Waals surface area contributed by atoms with E-state index in [1.807, 2.05) is 0 Å². The molecule has 3 heteroatoms. The molecule has 0 radical (unpaired) electrons. The number of rotatable bonds is 6. The normalized spacial score (nSPS) is 12.6. The summed E-state index contributed by atoms with van der Waals surface area (Å²) in [6, 6.07) is 11.2. The molecule has 0 saturated carbocycles. The Morgan fingerprint density at radius 3 is 2.60 bits per heavy atom. The van der Waals surface area contributed by atoms with Gasteiger partial charge in [0.2, 0.25) is 0 Å². The fourth-order valence-electron chi connectivity index (χ4n) is 2.47. The molecule has 0 bridgehead atoms. The first kappa shape index (κ1) is 14.8. The van der Waals surface area contributed by atoms with Gasteiger partial charge in [-0.2, -0.15) is 5.10 Å². The van der Waals surface area contributed by atoms with Crippen LogP contribution in [0.25, 0.3) is 5.69 Å². The lowest BCUT2D eigenvalue weighted by Crippen LogP contribution is -2.17. The van der Waals surface area contributed by atoms with E-state index in [0.29, 0.717) is 6.04 Å². The molecule has 1 aromatic heterocycles. The average Bonchev–Trinajstić information content (AvgIpc) is 2.91. The Hall–Kier alpha value is -1.61. The minimum atomic E-state index is 0.367. The quantitative estimate of drug-likeness (QED) is 0.869. The van der Waals surface area contributed by atoms with E-state index in [9.17, 15) is 0 Å². The molecular weight excluding hydrogens is 246 g/mol. The molecule has 1 unspecified atom stereocenters. The molecule has 0 aliphatic heterocycles. The van der Waals surface area contributed by atoms with Crippen LogP contribution in [-0.2, 0) is 12.8 Å². The Labute approximate surface area is 122 Å². The van der Waals surface area contributed by atoms with Crippen LogP contribution in [0.1, 0.15) is 50.7 Å². The molecular formula is C17H25N3. The summed E-state index contributed by atoms with van der Waals surface area (Å²) in [7, 11) is 0. The van der Waals surface area contributed by atoms with Crippen LogP contribution >= 0.6 is 0 Å². The third-order valence-corrected chi connectivity index (χ3v) is 3.68. The maximum atomic E-state index is 4.71. The SMILES string of the molecule is CCNC(C)c1cccc(-n2nc(CC)cc2CC)c1. The lowest BCUT2D eigenvalue weighted by atomic mass is 10.1. The Bertz CT molecular complexity index is 557. The Kier molecular flexibility index (Phi) is 4.96. The van der Waals surface area contributed by atoms with Gasteiger partial charge in [-0.15, -0.1) is 0 Å². The van der Waals surface area contributed by atoms with Crippen molar-refractivity contribution >= 4 is 0 Å². The van der Waals surface area contributed by atoms with Gasteiger partial charge in [-0.1, -0.05) is 32.9 Å². The average molecular weight is 271 g/mol. The van der Waals surface area contributed by atoms with Crippen LogP contribution in [-0.4, -0.2) is 16.3 Å². The summed E-state index contributed by atoms with van der Waals surface area (Å²) in [6.45, 7) is 9.64. The predicted octanol–water partition coefficient (Wildman–Crippen LogP) is 3.67. The van der Waals surface area contributed by atoms with Gasteiger partial charge in [-0.25, -0.2) is 4.68 Å². The van der Waals surface area contributed by atoms with Gasteiger partial charge in [0.05, 0.1) is 11.4 Å². The zero-order valence-corrected chi connectivity index (χ0v) is 13.0. The number of nitrogens with one attached hydrogen (secondary N) is 1. The third-order valence-electron chi connectivity index (χ3n) is 3.68. The zero-order valence-electron chi connectivity index (χ0n) is 13.0. The lowest BCUT2D eigenvalue weighted by molar-refractivity contribution is 0.597. The van der Waals surface area contributed by atoms with Crippen molar-refractivity contribution in [2.24, 2.45) is 0 Å². The predicted molar refractivity (Wildman–Crippen MR) is 84.4 cm³/mol. The van der Waals surface area contributed by atoms with E-state index in [0.717, 1.165) is 30.8 Å². The molecule has 0 aliphatic carbocycles. The molecule has 0 saturated heterocycles. The number of benzene rings is 1. The van der Waals surface area contributed by atoms with Crippen LogP contribution in [0.5, 0.6) is 0 Å². The van der Waals surface area contributed by atoms with Gasteiger partial charge in [0.1, 0.15) is 0 Å². The highest BCUT2D eigenvalue weighted by atomic mass is 15.3. The largest absolute Gasteiger partial charge is 0.310 e. The summed E-state index contributed by atoms with van der Waals surface area (Å²) < 4.78 is 2.08. The molecule has 1 aromatic carbocycles. The highest BCUT2D eigenvalue weighted by molar-refractivity contribution is 5.38.